The summed E-state index contributed by atoms with van der Waals surface area (Å²) in [4.78, 5) is 22.9. The molecule has 0 aliphatic rings. The molecule has 1 aromatic carbocycles. The van der Waals surface area contributed by atoms with Crippen LogP contribution in [0.25, 0.3) is 0 Å². The highest BCUT2D eigenvalue weighted by molar-refractivity contribution is 6.32. The molecular formula is C13H16ClNO4. The Labute approximate surface area is 116 Å². The van der Waals surface area contributed by atoms with Gasteiger partial charge < -0.3 is 15.2 Å². The number of hydrogen-bond acceptors (Lipinski definition) is 4. The quantitative estimate of drug-likeness (QED) is 0.889. The standard InChI is InChI=1S/C13H16ClNO4/c1-7(16)13(2,3)19-11-6-10(17)8(5-9(11)14)12(18)15-4/h5-6,17H,1-4H3,(H,15,18). The van der Waals surface area contributed by atoms with E-state index in [2.05, 4.69) is 5.32 Å². The van der Waals surface area contributed by atoms with Gasteiger partial charge in [-0.2, -0.15) is 0 Å². The molecule has 0 heterocycles. The Kier molecular flexibility index (Phi) is 4.42. The fourth-order valence-electron chi connectivity index (χ4n) is 1.28. The van der Waals surface area contributed by atoms with Crippen LogP contribution in [0.15, 0.2) is 12.1 Å². The number of amides is 1. The van der Waals surface area contributed by atoms with E-state index >= 15 is 0 Å². The van der Waals surface area contributed by atoms with Crippen molar-refractivity contribution in [2.75, 3.05) is 7.05 Å². The number of nitrogens with one attached hydrogen (secondary N) is 1. The van der Waals surface area contributed by atoms with Crippen LogP contribution in [0.3, 0.4) is 0 Å². The van der Waals surface area contributed by atoms with Crippen LogP contribution in [0, 0.1) is 0 Å². The number of Topliss-reactive ketones (excluding diaryl/α,β-unsaturated/α-hetero) is 1. The van der Waals surface area contributed by atoms with E-state index in [0.29, 0.717) is 0 Å². The van der Waals surface area contributed by atoms with Crippen molar-refractivity contribution in [1.82, 2.24) is 5.32 Å². The van der Waals surface area contributed by atoms with E-state index in [1.54, 1.807) is 13.8 Å². The van der Waals surface area contributed by atoms with Gasteiger partial charge in [-0.1, -0.05) is 11.6 Å². The molecule has 104 valence electrons. The molecule has 1 aromatic rings. The van der Waals surface area contributed by atoms with Gasteiger partial charge in [0.15, 0.2) is 11.4 Å². The fraction of sp³-hybridized carbons (Fsp3) is 0.385. The van der Waals surface area contributed by atoms with Gasteiger partial charge in [0.2, 0.25) is 0 Å². The normalized spacial score (nSPS) is 11.0. The molecule has 0 atom stereocenters. The molecule has 0 fully saturated rings. The molecule has 0 saturated carbocycles. The predicted octanol–water partition coefficient (Wildman–Crippen LogP) is 2.15. The van der Waals surface area contributed by atoms with Crippen molar-refractivity contribution < 1.29 is 19.4 Å². The van der Waals surface area contributed by atoms with Crippen LogP contribution in [-0.4, -0.2) is 29.4 Å². The van der Waals surface area contributed by atoms with Crippen LogP contribution in [0.4, 0.5) is 0 Å². The van der Waals surface area contributed by atoms with Crippen LogP contribution in [0.1, 0.15) is 31.1 Å². The van der Waals surface area contributed by atoms with Gasteiger partial charge in [-0.15, -0.1) is 0 Å². The van der Waals surface area contributed by atoms with E-state index in [9.17, 15) is 14.7 Å². The molecule has 0 aromatic heterocycles. The largest absolute Gasteiger partial charge is 0.507 e. The molecule has 19 heavy (non-hydrogen) atoms. The smallest absolute Gasteiger partial charge is 0.254 e. The third-order valence-electron chi connectivity index (χ3n) is 2.73. The Morgan fingerprint density at radius 2 is 1.95 bits per heavy atom. The Balaban J connectivity index is 3.16. The lowest BCUT2D eigenvalue weighted by Gasteiger charge is -2.24. The predicted molar refractivity (Wildman–Crippen MR) is 71.9 cm³/mol. The summed E-state index contributed by atoms with van der Waals surface area (Å²) in [6, 6.07) is 2.51. The molecule has 1 amide bonds. The Morgan fingerprint density at radius 1 is 1.37 bits per heavy atom. The molecular weight excluding hydrogens is 270 g/mol. The minimum absolute atomic E-state index is 0.0421. The second-order valence-electron chi connectivity index (χ2n) is 4.55. The molecule has 0 spiro atoms. The molecule has 0 bridgehead atoms. The van der Waals surface area contributed by atoms with Gasteiger partial charge in [-0.25, -0.2) is 0 Å². The summed E-state index contributed by atoms with van der Waals surface area (Å²) in [6.07, 6.45) is 0. The maximum absolute atomic E-state index is 11.5. The molecule has 0 unspecified atom stereocenters. The van der Waals surface area contributed by atoms with Crippen molar-refractivity contribution in [3.8, 4) is 11.5 Å². The summed E-state index contributed by atoms with van der Waals surface area (Å²) in [5.41, 5.74) is -1.02. The SMILES string of the molecule is CNC(=O)c1cc(Cl)c(OC(C)(C)C(C)=O)cc1O. The summed E-state index contributed by atoms with van der Waals surface area (Å²) in [6.45, 7) is 4.58. The molecule has 0 radical (unpaired) electrons. The number of ether oxygens (including phenoxy) is 1. The van der Waals surface area contributed by atoms with Crippen molar-refractivity contribution in [2.24, 2.45) is 0 Å². The zero-order valence-electron chi connectivity index (χ0n) is 11.2. The second-order valence-corrected chi connectivity index (χ2v) is 4.95. The third-order valence-corrected chi connectivity index (χ3v) is 3.03. The third kappa shape index (κ3) is 3.38. The number of aromatic hydroxyl groups is 1. The first-order valence-electron chi connectivity index (χ1n) is 5.63. The summed E-state index contributed by atoms with van der Waals surface area (Å²) < 4.78 is 5.47. The maximum atomic E-state index is 11.5. The number of carbonyl (C=O) groups is 2. The summed E-state index contributed by atoms with van der Waals surface area (Å²) >= 11 is 5.99. The highest BCUT2D eigenvalue weighted by Gasteiger charge is 2.27. The maximum Gasteiger partial charge on any atom is 0.254 e. The van der Waals surface area contributed by atoms with Gasteiger partial charge in [0.1, 0.15) is 11.5 Å². The summed E-state index contributed by atoms with van der Waals surface area (Å²) in [5.74, 6) is -0.764. The number of hydrogen-bond donors (Lipinski definition) is 2. The zero-order valence-corrected chi connectivity index (χ0v) is 12.0. The van der Waals surface area contributed by atoms with E-state index in [4.69, 9.17) is 16.3 Å². The Bertz CT molecular complexity index is 526. The number of rotatable bonds is 4. The number of phenolic OH excluding ortho intramolecular Hbond substituents is 1. The van der Waals surface area contributed by atoms with Crippen LogP contribution < -0.4 is 10.1 Å². The minimum atomic E-state index is -1.06. The van der Waals surface area contributed by atoms with E-state index in [0.717, 1.165) is 0 Å². The lowest BCUT2D eigenvalue weighted by Crippen LogP contribution is -2.36. The van der Waals surface area contributed by atoms with Crippen LogP contribution >= 0.6 is 11.6 Å². The molecule has 5 nitrogen and oxygen atoms in total. The molecule has 0 saturated heterocycles. The average Bonchev–Trinajstić information content (AvgIpc) is 2.31. The van der Waals surface area contributed by atoms with Gasteiger partial charge in [-0.3, -0.25) is 9.59 Å². The van der Waals surface area contributed by atoms with Crippen LogP contribution in [0.2, 0.25) is 5.02 Å². The van der Waals surface area contributed by atoms with Crippen LogP contribution in [0.5, 0.6) is 11.5 Å². The van der Waals surface area contributed by atoms with Gasteiger partial charge in [0.05, 0.1) is 10.6 Å². The first kappa shape index (κ1) is 15.3. The van der Waals surface area contributed by atoms with E-state index < -0.39 is 11.5 Å². The number of benzene rings is 1. The van der Waals surface area contributed by atoms with Crippen molar-refractivity contribution in [1.29, 1.82) is 0 Å². The molecule has 2 N–H and O–H groups in total. The Hall–Kier alpha value is -1.75. The van der Waals surface area contributed by atoms with Crippen molar-refractivity contribution >= 4 is 23.3 Å². The highest BCUT2D eigenvalue weighted by atomic mass is 35.5. The lowest BCUT2D eigenvalue weighted by molar-refractivity contribution is -0.129. The minimum Gasteiger partial charge on any atom is -0.507 e. The monoisotopic (exact) mass is 285 g/mol. The summed E-state index contributed by atoms with van der Waals surface area (Å²) in [5, 5.41) is 12.3. The van der Waals surface area contributed by atoms with Gasteiger partial charge in [-0.05, 0) is 26.8 Å². The van der Waals surface area contributed by atoms with Crippen LogP contribution in [-0.2, 0) is 4.79 Å². The molecule has 0 aliphatic heterocycles. The number of ketones is 1. The zero-order chi connectivity index (χ0) is 14.8. The topological polar surface area (TPSA) is 75.6 Å². The van der Waals surface area contributed by atoms with Crippen molar-refractivity contribution in [3.05, 3.63) is 22.7 Å². The number of halogens is 1. The van der Waals surface area contributed by atoms with Gasteiger partial charge in [0.25, 0.3) is 5.91 Å². The summed E-state index contributed by atoms with van der Waals surface area (Å²) in [7, 11) is 1.44. The first-order valence-corrected chi connectivity index (χ1v) is 6.01. The number of carbonyl (C=O) groups excluding carboxylic acids is 2. The van der Waals surface area contributed by atoms with Gasteiger partial charge in [0, 0.05) is 13.1 Å². The Morgan fingerprint density at radius 3 is 2.42 bits per heavy atom. The van der Waals surface area contributed by atoms with Gasteiger partial charge >= 0.3 is 0 Å². The molecule has 0 aliphatic carbocycles. The van der Waals surface area contributed by atoms with Crippen molar-refractivity contribution in [2.45, 2.75) is 26.4 Å². The van der Waals surface area contributed by atoms with E-state index in [1.165, 1.54) is 26.1 Å². The first-order chi connectivity index (χ1) is 8.69. The lowest BCUT2D eigenvalue weighted by atomic mass is 10.1. The van der Waals surface area contributed by atoms with Crippen molar-refractivity contribution in [3.63, 3.8) is 0 Å². The number of phenols is 1. The highest BCUT2D eigenvalue weighted by Crippen LogP contribution is 2.34. The van der Waals surface area contributed by atoms with E-state index in [-0.39, 0.29) is 27.9 Å². The average molecular weight is 286 g/mol. The molecule has 1 rings (SSSR count). The van der Waals surface area contributed by atoms with E-state index in [1.807, 2.05) is 0 Å². The molecule has 6 heteroatoms. The second kappa shape index (κ2) is 5.48. The fourth-order valence-corrected chi connectivity index (χ4v) is 1.49.